The molecule has 0 spiro atoms. The normalized spacial score (nSPS) is 11.4. The molecule has 11 heteroatoms. The average Bonchev–Trinajstić information content (AvgIpc) is 3.07. The lowest BCUT2D eigenvalue weighted by atomic mass is 10.2. The molecular formula is C19H16ClF3N4O2S. The molecule has 0 saturated heterocycles. The summed E-state index contributed by atoms with van der Waals surface area (Å²) < 4.78 is 45.7. The molecule has 0 atom stereocenters. The monoisotopic (exact) mass is 456 g/mol. The van der Waals surface area contributed by atoms with Crippen LogP contribution in [-0.4, -0.2) is 33.5 Å². The molecule has 0 aliphatic heterocycles. The number of methoxy groups -OCH3 is 1. The van der Waals surface area contributed by atoms with Crippen molar-refractivity contribution < 1.29 is 22.7 Å². The lowest BCUT2D eigenvalue weighted by Crippen LogP contribution is -2.15. The third-order valence-electron chi connectivity index (χ3n) is 4.07. The van der Waals surface area contributed by atoms with E-state index in [1.807, 2.05) is 12.1 Å². The number of nitrogens with one attached hydrogen (secondary N) is 1. The predicted molar refractivity (Wildman–Crippen MR) is 109 cm³/mol. The summed E-state index contributed by atoms with van der Waals surface area (Å²) >= 11 is 6.70. The SMILES string of the molecule is COc1ccc(-c2nnc(SCC(=O)Nc3ccc(Cl)c(C(F)(F)F)c3)n2C)cc1. The first-order valence-electron chi connectivity index (χ1n) is 8.52. The molecule has 0 radical (unpaired) electrons. The Morgan fingerprint density at radius 2 is 1.90 bits per heavy atom. The Hall–Kier alpha value is -2.72. The molecule has 1 aromatic heterocycles. The minimum atomic E-state index is -4.61. The number of nitrogens with zero attached hydrogens (tertiary/aromatic N) is 3. The Kier molecular flexibility index (Phi) is 6.57. The summed E-state index contributed by atoms with van der Waals surface area (Å²) in [4.78, 5) is 12.2. The molecule has 0 unspecified atom stereocenters. The highest BCUT2D eigenvalue weighted by molar-refractivity contribution is 7.99. The smallest absolute Gasteiger partial charge is 0.417 e. The van der Waals surface area contributed by atoms with Gasteiger partial charge in [0.05, 0.1) is 23.4 Å². The predicted octanol–water partition coefficient (Wildman–Crippen LogP) is 4.89. The molecule has 1 N–H and O–H groups in total. The average molecular weight is 457 g/mol. The molecular weight excluding hydrogens is 441 g/mol. The Labute approximate surface area is 179 Å². The number of hydrogen-bond donors (Lipinski definition) is 1. The molecule has 3 aromatic rings. The summed E-state index contributed by atoms with van der Waals surface area (Å²) in [7, 11) is 3.33. The van der Waals surface area contributed by atoms with Gasteiger partial charge in [0.15, 0.2) is 11.0 Å². The third-order valence-corrected chi connectivity index (χ3v) is 5.42. The van der Waals surface area contributed by atoms with E-state index in [0.29, 0.717) is 16.7 Å². The van der Waals surface area contributed by atoms with Crippen LogP contribution in [0.15, 0.2) is 47.6 Å². The summed E-state index contributed by atoms with van der Waals surface area (Å²) in [5, 5.41) is 10.7. The second-order valence-electron chi connectivity index (χ2n) is 6.12. The maximum atomic E-state index is 12.9. The quantitative estimate of drug-likeness (QED) is 0.535. The minimum absolute atomic E-state index is 0.00853. The molecule has 158 valence electrons. The van der Waals surface area contributed by atoms with Crippen LogP contribution in [0.25, 0.3) is 11.4 Å². The van der Waals surface area contributed by atoms with E-state index in [9.17, 15) is 18.0 Å². The van der Waals surface area contributed by atoms with Gasteiger partial charge in [-0.25, -0.2) is 0 Å². The number of hydrogen-bond acceptors (Lipinski definition) is 5. The zero-order valence-corrected chi connectivity index (χ0v) is 17.4. The Bertz CT molecular complexity index is 1050. The van der Waals surface area contributed by atoms with E-state index in [0.717, 1.165) is 29.5 Å². The fraction of sp³-hybridized carbons (Fsp3) is 0.211. The van der Waals surface area contributed by atoms with Crippen LogP contribution in [0.2, 0.25) is 5.02 Å². The van der Waals surface area contributed by atoms with Crippen molar-refractivity contribution in [2.75, 3.05) is 18.2 Å². The number of aromatic nitrogens is 3. The van der Waals surface area contributed by atoms with Crippen LogP contribution in [-0.2, 0) is 18.0 Å². The van der Waals surface area contributed by atoms with Crippen molar-refractivity contribution in [1.29, 1.82) is 0 Å². The second kappa shape index (κ2) is 8.97. The number of carbonyl (C=O) groups excluding carboxylic acids is 1. The lowest BCUT2D eigenvalue weighted by molar-refractivity contribution is -0.137. The van der Waals surface area contributed by atoms with Crippen LogP contribution in [0.1, 0.15) is 5.56 Å². The second-order valence-corrected chi connectivity index (χ2v) is 7.47. The zero-order chi connectivity index (χ0) is 21.9. The van der Waals surface area contributed by atoms with Crippen molar-refractivity contribution >= 4 is 35.0 Å². The van der Waals surface area contributed by atoms with E-state index in [4.69, 9.17) is 16.3 Å². The molecule has 1 heterocycles. The molecule has 6 nitrogen and oxygen atoms in total. The van der Waals surface area contributed by atoms with E-state index >= 15 is 0 Å². The first-order chi connectivity index (χ1) is 14.2. The van der Waals surface area contributed by atoms with Crippen LogP contribution in [0, 0.1) is 0 Å². The van der Waals surface area contributed by atoms with Crippen molar-refractivity contribution in [3.8, 4) is 17.1 Å². The van der Waals surface area contributed by atoms with Gasteiger partial charge in [-0.2, -0.15) is 13.2 Å². The van der Waals surface area contributed by atoms with Gasteiger partial charge in [-0.15, -0.1) is 10.2 Å². The minimum Gasteiger partial charge on any atom is -0.497 e. The number of benzene rings is 2. The van der Waals surface area contributed by atoms with Crippen LogP contribution in [0.5, 0.6) is 5.75 Å². The number of alkyl halides is 3. The number of anilines is 1. The van der Waals surface area contributed by atoms with Crippen molar-refractivity contribution in [3.05, 3.63) is 53.1 Å². The molecule has 0 aliphatic rings. The Morgan fingerprint density at radius 1 is 1.20 bits per heavy atom. The molecule has 30 heavy (non-hydrogen) atoms. The zero-order valence-electron chi connectivity index (χ0n) is 15.8. The van der Waals surface area contributed by atoms with Crippen LogP contribution in [0.3, 0.4) is 0 Å². The van der Waals surface area contributed by atoms with Crippen molar-refractivity contribution in [3.63, 3.8) is 0 Å². The number of halogens is 4. The molecule has 0 bridgehead atoms. The molecule has 0 saturated carbocycles. The third kappa shape index (κ3) is 5.06. The molecule has 1 amide bonds. The summed E-state index contributed by atoms with van der Waals surface area (Å²) in [5.74, 6) is 0.777. The van der Waals surface area contributed by atoms with Crippen molar-refractivity contribution in [2.24, 2.45) is 7.05 Å². The van der Waals surface area contributed by atoms with Gasteiger partial charge in [0.25, 0.3) is 0 Å². The number of carbonyl (C=O) groups is 1. The van der Waals surface area contributed by atoms with Gasteiger partial charge in [0.2, 0.25) is 5.91 Å². The number of thioether (sulfide) groups is 1. The van der Waals surface area contributed by atoms with Crippen LogP contribution in [0.4, 0.5) is 18.9 Å². The standard InChI is InChI=1S/C19H16ClF3N4O2S/c1-27-17(11-3-6-13(29-2)7-4-11)25-26-18(27)30-10-16(28)24-12-5-8-15(20)14(9-12)19(21,22)23/h3-9H,10H2,1-2H3,(H,24,28). The van der Waals surface area contributed by atoms with Crippen molar-refractivity contribution in [1.82, 2.24) is 14.8 Å². The summed E-state index contributed by atoms with van der Waals surface area (Å²) in [6.07, 6.45) is -4.61. The van der Waals surface area contributed by atoms with Gasteiger partial charge < -0.3 is 14.6 Å². The van der Waals surface area contributed by atoms with Gasteiger partial charge in [-0.1, -0.05) is 23.4 Å². The van der Waals surface area contributed by atoms with Gasteiger partial charge >= 0.3 is 6.18 Å². The van der Waals surface area contributed by atoms with Crippen molar-refractivity contribution in [2.45, 2.75) is 11.3 Å². The van der Waals surface area contributed by atoms with Gasteiger partial charge in [0, 0.05) is 18.3 Å². The van der Waals surface area contributed by atoms with E-state index < -0.39 is 22.7 Å². The number of amides is 1. The van der Waals surface area contributed by atoms with Gasteiger partial charge in [-0.05, 0) is 42.5 Å². The topological polar surface area (TPSA) is 69.0 Å². The molecule has 0 aliphatic carbocycles. The van der Waals surface area contributed by atoms with E-state index in [1.54, 1.807) is 30.9 Å². The summed E-state index contributed by atoms with van der Waals surface area (Å²) in [5.41, 5.74) is -0.177. The Balaban J connectivity index is 1.65. The maximum absolute atomic E-state index is 12.9. The summed E-state index contributed by atoms with van der Waals surface area (Å²) in [6, 6.07) is 10.5. The highest BCUT2D eigenvalue weighted by atomic mass is 35.5. The van der Waals surface area contributed by atoms with E-state index in [2.05, 4.69) is 15.5 Å². The van der Waals surface area contributed by atoms with Gasteiger partial charge in [-0.3, -0.25) is 4.79 Å². The van der Waals surface area contributed by atoms with Crippen LogP contribution < -0.4 is 10.1 Å². The van der Waals surface area contributed by atoms with Crippen LogP contribution >= 0.6 is 23.4 Å². The van der Waals surface area contributed by atoms with Gasteiger partial charge in [0.1, 0.15) is 5.75 Å². The molecule has 2 aromatic carbocycles. The van der Waals surface area contributed by atoms with E-state index in [-0.39, 0.29) is 11.4 Å². The molecule has 3 rings (SSSR count). The highest BCUT2D eigenvalue weighted by Crippen LogP contribution is 2.36. The maximum Gasteiger partial charge on any atom is 0.417 e. The first kappa shape index (κ1) is 22.0. The Morgan fingerprint density at radius 3 is 2.53 bits per heavy atom. The van der Waals surface area contributed by atoms with E-state index in [1.165, 1.54) is 6.07 Å². The summed E-state index contributed by atoms with van der Waals surface area (Å²) in [6.45, 7) is 0. The number of ether oxygens (including phenoxy) is 1. The largest absolute Gasteiger partial charge is 0.497 e. The molecule has 0 fully saturated rings. The highest BCUT2D eigenvalue weighted by Gasteiger charge is 2.33. The first-order valence-corrected chi connectivity index (χ1v) is 9.88. The fourth-order valence-electron chi connectivity index (χ4n) is 2.58. The fourth-order valence-corrected chi connectivity index (χ4v) is 3.52. The lowest BCUT2D eigenvalue weighted by Gasteiger charge is -2.11. The number of rotatable bonds is 6.